The first-order chi connectivity index (χ1) is 10.1. The number of aromatic carboxylic acids is 1. The van der Waals surface area contributed by atoms with E-state index in [4.69, 9.17) is 9.16 Å². The molecule has 4 nitrogen and oxygen atoms in total. The average molecular weight is 324 g/mol. The number of carbonyl (C=O) groups is 1. The molecule has 0 aliphatic heterocycles. The molecule has 1 rings (SSSR count). The van der Waals surface area contributed by atoms with E-state index in [0.29, 0.717) is 11.3 Å². The second-order valence-electron chi connectivity index (χ2n) is 6.99. The van der Waals surface area contributed by atoms with Crippen molar-refractivity contribution in [2.45, 2.75) is 46.9 Å². The summed E-state index contributed by atoms with van der Waals surface area (Å²) in [7, 11) is 0.155. The van der Waals surface area contributed by atoms with Crippen LogP contribution in [0.5, 0.6) is 5.75 Å². The van der Waals surface area contributed by atoms with Crippen LogP contribution < -0.4 is 4.74 Å². The lowest BCUT2D eigenvalue weighted by Gasteiger charge is -2.36. The van der Waals surface area contributed by atoms with E-state index in [1.807, 2.05) is 12.1 Å². The third-order valence-electron chi connectivity index (χ3n) is 4.04. The molecular weight excluding hydrogens is 296 g/mol. The molecule has 5 heteroatoms. The van der Waals surface area contributed by atoms with Crippen molar-refractivity contribution < 1.29 is 19.1 Å². The molecule has 1 N–H and O–H groups in total. The molecule has 124 valence electrons. The summed E-state index contributed by atoms with van der Waals surface area (Å²) in [5.74, 6) is -0.426. The van der Waals surface area contributed by atoms with Crippen molar-refractivity contribution in [2.24, 2.45) is 11.3 Å². The molecule has 0 amide bonds. The molecule has 0 aliphatic rings. The highest BCUT2D eigenvalue weighted by molar-refractivity contribution is 6.48. The maximum absolute atomic E-state index is 11.7. The van der Waals surface area contributed by atoms with Crippen molar-refractivity contribution in [1.29, 1.82) is 0 Å². The molecular formula is C17H28O4Si. The Morgan fingerprint density at radius 3 is 2.27 bits per heavy atom. The normalized spacial score (nSPS) is 14.7. The van der Waals surface area contributed by atoms with E-state index >= 15 is 0 Å². The fourth-order valence-electron chi connectivity index (χ4n) is 2.39. The molecule has 0 aromatic heterocycles. The maximum Gasteiger partial charge on any atom is 0.339 e. The standard InChI is InChI=1S/C17H28O4Si/c1-11(17(2,3)4)15(21-22(6)7)12-9-8-10-13(20-5)14(12)16(18)19/h8-11,15,22H,1-7H3,(H,18,19). The summed E-state index contributed by atoms with van der Waals surface area (Å²) in [4.78, 5) is 11.7. The highest BCUT2D eigenvalue weighted by Gasteiger charge is 2.34. The van der Waals surface area contributed by atoms with Crippen LogP contribution in [0.4, 0.5) is 0 Å². The molecule has 1 aromatic carbocycles. The van der Waals surface area contributed by atoms with Gasteiger partial charge in [-0.05, 0) is 36.1 Å². The molecule has 0 aliphatic carbocycles. The monoisotopic (exact) mass is 324 g/mol. The third kappa shape index (κ3) is 4.33. The van der Waals surface area contributed by atoms with Gasteiger partial charge in [0.2, 0.25) is 0 Å². The van der Waals surface area contributed by atoms with Gasteiger partial charge in [-0.25, -0.2) is 4.79 Å². The molecule has 0 bridgehead atoms. The van der Waals surface area contributed by atoms with E-state index < -0.39 is 15.0 Å². The van der Waals surface area contributed by atoms with Gasteiger partial charge in [0, 0.05) is 0 Å². The van der Waals surface area contributed by atoms with Gasteiger partial charge in [-0.2, -0.15) is 0 Å². The van der Waals surface area contributed by atoms with Crippen molar-refractivity contribution in [3.05, 3.63) is 29.3 Å². The highest BCUT2D eigenvalue weighted by atomic mass is 28.3. The zero-order valence-electron chi connectivity index (χ0n) is 14.6. The summed E-state index contributed by atoms with van der Waals surface area (Å²) in [6.45, 7) is 12.8. The topological polar surface area (TPSA) is 55.8 Å². The number of ether oxygens (including phenoxy) is 1. The SMILES string of the molecule is COc1cccc(C(O[SiH](C)C)C(C)C(C)(C)C)c1C(=O)O. The zero-order chi connectivity index (χ0) is 17.1. The van der Waals surface area contributed by atoms with Crippen LogP contribution in [0.3, 0.4) is 0 Å². The van der Waals surface area contributed by atoms with E-state index in [1.165, 1.54) is 7.11 Å². The molecule has 0 heterocycles. The highest BCUT2D eigenvalue weighted by Crippen LogP contribution is 2.41. The molecule has 0 spiro atoms. The second-order valence-corrected chi connectivity index (χ2v) is 9.36. The van der Waals surface area contributed by atoms with E-state index in [2.05, 4.69) is 40.8 Å². The Hall–Kier alpha value is -1.33. The van der Waals surface area contributed by atoms with Gasteiger partial charge in [-0.15, -0.1) is 0 Å². The quantitative estimate of drug-likeness (QED) is 0.800. The number of benzene rings is 1. The Kier molecular flexibility index (Phi) is 6.20. The summed E-state index contributed by atoms with van der Waals surface area (Å²) in [6.07, 6.45) is -0.243. The van der Waals surface area contributed by atoms with E-state index in [1.54, 1.807) is 6.07 Å². The summed E-state index contributed by atoms with van der Waals surface area (Å²) in [5, 5.41) is 9.62. The Morgan fingerprint density at radius 2 is 1.86 bits per heavy atom. The molecule has 2 unspecified atom stereocenters. The van der Waals surface area contributed by atoms with Crippen molar-refractivity contribution in [1.82, 2.24) is 0 Å². The minimum atomic E-state index is -1.34. The van der Waals surface area contributed by atoms with Crippen LogP contribution in [0.15, 0.2) is 18.2 Å². The van der Waals surface area contributed by atoms with Gasteiger partial charge in [-0.1, -0.05) is 39.8 Å². The van der Waals surface area contributed by atoms with Gasteiger partial charge in [0.15, 0.2) is 9.04 Å². The molecule has 22 heavy (non-hydrogen) atoms. The zero-order valence-corrected chi connectivity index (χ0v) is 15.8. The summed E-state index contributed by atoms with van der Waals surface area (Å²) in [6, 6.07) is 5.35. The van der Waals surface area contributed by atoms with Gasteiger partial charge in [0.25, 0.3) is 0 Å². The largest absolute Gasteiger partial charge is 0.496 e. The third-order valence-corrected chi connectivity index (χ3v) is 4.88. The van der Waals surface area contributed by atoms with Crippen molar-refractivity contribution >= 4 is 15.0 Å². The molecule has 0 fully saturated rings. The molecule has 0 saturated carbocycles. The van der Waals surface area contributed by atoms with Crippen LogP contribution in [0.25, 0.3) is 0 Å². The van der Waals surface area contributed by atoms with E-state index in [-0.39, 0.29) is 23.0 Å². The maximum atomic E-state index is 11.7. The van der Waals surface area contributed by atoms with Crippen molar-refractivity contribution in [2.75, 3.05) is 7.11 Å². The smallest absolute Gasteiger partial charge is 0.339 e. The Balaban J connectivity index is 3.46. The van der Waals surface area contributed by atoms with Gasteiger partial charge >= 0.3 is 5.97 Å². The molecule has 1 aromatic rings. The Labute approximate surface area is 135 Å². The number of rotatable bonds is 6. The van der Waals surface area contributed by atoms with Gasteiger partial charge in [0.05, 0.1) is 13.2 Å². The first kappa shape index (κ1) is 18.7. The van der Waals surface area contributed by atoms with E-state index in [9.17, 15) is 9.90 Å². The Morgan fingerprint density at radius 1 is 1.27 bits per heavy atom. The number of hydrogen-bond acceptors (Lipinski definition) is 3. The van der Waals surface area contributed by atoms with Gasteiger partial charge in [0.1, 0.15) is 11.3 Å². The van der Waals surface area contributed by atoms with Gasteiger partial charge < -0.3 is 14.3 Å². The first-order valence-electron chi connectivity index (χ1n) is 7.65. The predicted molar refractivity (Wildman–Crippen MR) is 91.3 cm³/mol. The van der Waals surface area contributed by atoms with Gasteiger partial charge in [-0.3, -0.25) is 0 Å². The molecule has 0 saturated heterocycles. The van der Waals surface area contributed by atoms with Crippen molar-refractivity contribution in [3.8, 4) is 5.75 Å². The fraction of sp³-hybridized carbons (Fsp3) is 0.588. The second kappa shape index (κ2) is 7.29. The Bertz CT molecular complexity index is 520. The molecule has 0 radical (unpaired) electrons. The summed E-state index contributed by atoms with van der Waals surface area (Å²) >= 11 is 0. The number of carboxylic acid groups (broad SMARTS) is 1. The van der Waals surface area contributed by atoms with Crippen LogP contribution >= 0.6 is 0 Å². The lowest BCUT2D eigenvalue weighted by molar-refractivity contribution is 0.0625. The average Bonchev–Trinajstić information content (AvgIpc) is 2.41. The minimum absolute atomic E-state index is 0.00675. The van der Waals surface area contributed by atoms with E-state index in [0.717, 1.165) is 0 Å². The first-order valence-corrected chi connectivity index (χ1v) is 10.4. The van der Waals surface area contributed by atoms with Crippen LogP contribution in [-0.2, 0) is 4.43 Å². The summed E-state index contributed by atoms with van der Waals surface area (Å²) in [5.41, 5.74) is 0.920. The van der Waals surface area contributed by atoms with Crippen molar-refractivity contribution in [3.63, 3.8) is 0 Å². The van der Waals surface area contributed by atoms with Crippen LogP contribution in [0.2, 0.25) is 13.1 Å². The van der Waals surface area contributed by atoms with Crippen LogP contribution in [0.1, 0.15) is 49.7 Å². The lowest BCUT2D eigenvalue weighted by atomic mass is 9.76. The minimum Gasteiger partial charge on any atom is -0.496 e. The molecule has 2 atom stereocenters. The van der Waals surface area contributed by atoms with Crippen LogP contribution in [-0.4, -0.2) is 27.2 Å². The fourth-order valence-corrected chi connectivity index (χ4v) is 3.36. The number of carboxylic acids is 1. The lowest BCUT2D eigenvalue weighted by Crippen LogP contribution is -2.30. The predicted octanol–water partition coefficient (Wildman–Crippen LogP) is 4.12. The number of hydrogen-bond donors (Lipinski definition) is 1. The number of methoxy groups -OCH3 is 1. The van der Waals surface area contributed by atoms with Crippen LogP contribution in [0, 0.1) is 11.3 Å². The summed E-state index contributed by atoms with van der Waals surface area (Å²) < 4.78 is 11.5.